The number of benzene rings is 2. The zero-order valence-corrected chi connectivity index (χ0v) is 35.0. The van der Waals surface area contributed by atoms with Crippen molar-refractivity contribution in [2.45, 2.75) is 77.5 Å². The Morgan fingerprint density at radius 1 is 0.644 bits per heavy atom. The van der Waals surface area contributed by atoms with E-state index in [0.29, 0.717) is 13.1 Å². The van der Waals surface area contributed by atoms with E-state index in [-0.39, 0.29) is 35.7 Å². The van der Waals surface area contributed by atoms with Crippen LogP contribution in [0, 0.1) is 11.8 Å². The molecule has 0 saturated carbocycles. The molecule has 310 valence electrons. The number of likely N-dealkylation sites (tertiary alicyclic amines) is 2. The summed E-state index contributed by atoms with van der Waals surface area (Å²) in [6.07, 6.45) is 7.49. The van der Waals surface area contributed by atoms with E-state index in [4.69, 9.17) is 14.5 Å². The van der Waals surface area contributed by atoms with Gasteiger partial charge < -0.3 is 39.9 Å². The Hall–Kier alpha value is -6.03. The van der Waals surface area contributed by atoms with Gasteiger partial charge in [-0.25, -0.2) is 24.5 Å². The number of carbonyl (C=O) groups excluding carboxylic acids is 4. The Labute approximate surface area is 347 Å². The minimum Gasteiger partial charge on any atom is -0.453 e. The van der Waals surface area contributed by atoms with Gasteiger partial charge in [-0.15, -0.1) is 11.3 Å². The lowest BCUT2D eigenvalue weighted by atomic mass is 10.0. The topological polar surface area (TPSA) is 188 Å². The summed E-state index contributed by atoms with van der Waals surface area (Å²) in [5.74, 6) is 0.946. The maximum absolute atomic E-state index is 13.5. The Bertz CT molecular complexity index is 2110. The van der Waals surface area contributed by atoms with Crippen molar-refractivity contribution in [3.63, 3.8) is 0 Å². The molecule has 1 unspecified atom stereocenters. The molecule has 5 heterocycles. The Morgan fingerprint density at radius 2 is 1.07 bits per heavy atom. The highest BCUT2D eigenvalue weighted by Gasteiger charge is 2.39. The van der Waals surface area contributed by atoms with Gasteiger partial charge in [0.05, 0.1) is 55.0 Å². The van der Waals surface area contributed by atoms with E-state index in [9.17, 15) is 19.2 Å². The molecule has 16 heteroatoms. The molecule has 2 aliphatic heterocycles. The first-order chi connectivity index (χ1) is 28.4. The molecular formula is C43H51N9O6S. The van der Waals surface area contributed by atoms with E-state index in [1.807, 2.05) is 63.1 Å². The summed E-state index contributed by atoms with van der Waals surface area (Å²) >= 11 is 1.61. The summed E-state index contributed by atoms with van der Waals surface area (Å²) in [6, 6.07) is 14.6. The van der Waals surface area contributed by atoms with Crippen LogP contribution in [-0.2, 0) is 19.1 Å². The lowest BCUT2D eigenvalue weighted by Crippen LogP contribution is -2.51. The predicted octanol–water partition coefficient (Wildman–Crippen LogP) is 7.35. The van der Waals surface area contributed by atoms with Gasteiger partial charge in [-0.05, 0) is 54.2 Å². The van der Waals surface area contributed by atoms with Gasteiger partial charge in [0.2, 0.25) is 11.8 Å². The molecular weight excluding hydrogens is 771 g/mol. The van der Waals surface area contributed by atoms with Crippen molar-refractivity contribution in [2.24, 2.45) is 11.8 Å². The fourth-order valence-corrected chi connectivity index (χ4v) is 8.77. The van der Waals surface area contributed by atoms with Crippen LogP contribution in [0.3, 0.4) is 0 Å². The van der Waals surface area contributed by atoms with E-state index in [0.717, 1.165) is 80.9 Å². The van der Waals surface area contributed by atoms with Gasteiger partial charge in [0.25, 0.3) is 0 Å². The van der Waals surface area contributed by atoms with Crippen molar-refractivity contribution in [3.05, 3.63) is 78.8 Å². The van der Waals surface area contributed by atoms with Gasteiger partial charge in [0, 0.05) is 24.8 Å². The number of hydrogen-bond donors (Lipinski definition) is 4. The molecule has 15 nitrogen and oxygen atoms in total. The Balaban J connectivity index is 0.989. The van der Waals surface area contributed by atoms with Crippen LogP contribution in [0.2, 0.25) is 0 Å². The van der Waals surface area contributed by atoms with E-state index in [2.05, 4.69) is 54.8 Å². The second-order valence-corrected chi connectivity index (χ2v) is 16.7. The first-order valence-electron chi connectivity index (χ1n) is 20.0. The molecule has 2 saturated heterocycles. The average Bonchev–Trinajstić information content (AvgIpc) is 4.10. The van der Waals surface area contributed by atoms with Gasteiger partial charge in [-0.3, -0.25) is 9.59 Å². The molecule has 4 N–H and O–H groups in total. The SMILES string of the molecule is COC(=O)N[C@H](C(=O)N1CCCC1c1ncc(-c2ccc(-c3ncc(-c4ccc(-c5cnc([C@@H]6CCCN6C(=O)[C@@H](NC(=O)OC)C(C)C)[nH]5)cc4)s3)cc2)[nH]1)C(C)C. The third-order valence-electron chi connectivity index (χ3n) is 11.1. The van der Waals surface area contributed by atoms with Crippen LogP contribution in [0.5, 0.6) is 0 Å². The smallest absolute Gasteiger partial charge is 0.407 e. The molecule has 4 amide bonds. The predicted molar refractivity (Wildman–Crippen MR) is 224 cm³/mol. The van der Waals surface area contributed by atoms with E-state index >= 15 is 0 Å². The quantitative estimate of drug-likeness (QED) is 0.0999. The monoisotopic (exact) mass is 821 g/mol. The normalized spacial score (nSPS) is 17.6. The van der Waals surface area contributed by atoms with Crippen LogP contribution in [-0.4, -0.2) is 98.1 Å². The molecule has 2 fully saturated rings. The van der Waals surface area contributed by atoms with Gasteiger partial charge >= 0.3 is 12.2 Å². The fourth-order valence-electron chi connectivity index (χ4n) is 7.84. The molecule has 4 atom stereocenters. The molecule has 2 aromatic carbocycles. The number of thiazole rings is 1. The van der Waals surface area contributed by atoms with Crippen molar-refractivity contribution in [1.82, 2.24) is 45.4 Å². The highest BCUT2D eigenvalue weighted by Crippen LogP contribution is 2.37. The minimum atomic E-state index is -0.690. The van der Waals surface area contributed by atoms with Crippen molar-refractivity contribution in [2.75, 3.05) is 27.3 Å². The molecule has 0 bridgehead atoms. The summed E-state index contributed by atoms with van der Waals surface area (Å²) in [4.78, 5) is 76.6. The molecule has 7 rings (SSSR count). The van der Waals surface area contributed by atoms with E-state index in [1.165, 1.54) is 14.2 Å². The van der Waals surface area contributed by atoms with Crippen LogP contribution < -0.4 is 10.6 Å². The number of nitrogens with zero attached hydrogens (tertiary/aromatic N) is 5. The fraction of sp³-hybridized carbons (Fsp3) is 0.419. The summed E-state index contributed by atoms with van der Waals surface area (Å²) < 4.78 is 9.52. The third-order valence-corrected chi connectivity index (χ3v) is 12.2. The molecule has 0 aliphatic carbocycles. The molecule has 2 aliphatic rings. The summed E-state index contributed by atoms with van der Waals surface area (Å²) in [7, 11) is 2.58. The van der Waals surface area contributed by atoms with E-state index in [1.54, 1.807) is 28.6 Å². The van der Waals surface area contributed by atoms with Crippen LogP contribution in [0.1, 0.15) is 77.1 Å². The first-order valence-corrected chi connectivity index (χ1v) is 20.8. The van der Waals surface area contributed by atoms with Crippen LogP contribution in [0.4, 0.5) is 9.59 Å². The standard InChI is InChI=1S/C43H51N9O6S/c1-24(2)35(49-42(55)57-5)40(53)51-19-7-9-32(51)37-44-21-30(47-37)26-11-15-28(16-12-26)34-23-46-39(59-34)29-17-13-27(14-18-29)31-22-45-38(48-31)33-10-8-20-52(33)41(54)36(25(3)4)50-43(56)58-6/h11-18,21-25,32-33,35-36H,7-10,19-20H2,1-6H3,(H,44,47)(H,45,48)(H,49,55)(H,50,56)/t32-,33?,35-,36-/m0/s1. The molecule has 0 spiro atoms. The average molecular weight is 822 g/mol. The number of amides is 4. The highest BCUT2D eigenvalue weighted by atomic mass is 32.1. The van der Waals surface area contributed by atoms with Crippen molar-refractivity contribution in [1.29, 1.82) is 0 Å². The number of ether oxygens (including phenoxy) is 2. The zero-order chi connectivity index (χ0) is 41.8. The first kappa shape index (κ1) is 41.1. The number of aromatic amines is 2. The number of carbonyl (C=O) groups is 4. The number of rotatable bonds is 12. The second-order valence-electron chi connectivity index (χ2n) is 15.6. The zero-order valence-electron chi connectivity index (χ0n) is 34.2. The summed E-state index contributed by atoms with van der Waals surface area (Å²) in [6.45, 7) is 8.79. The van der Waals surface area contributed by atoms with E-state index < -0.39 is 24.3 Å². The van der Waals surface area contributed by atoms with Crippen LogP contribution in [0.15, 0.2) is 67.1 Å². The van der Waals surface area contributed by atoms with Crippen molar-refractivity contribution in [3.8, 4) is 43.5 Å². The Morgan fingerprint density at radius 3 is 1.49 bits per heavy atom. The molecule has 59 heavy (non-hydrogen) atoms. The van der Waals surface area contributed by atoms with Crippen LogP contribution >= 0.6 is 11.3 Å². The van der Waals surface area contributed by atoms with Gasteiger partial charge in [-0.2, -0.15) is 0 Å². The number of methoxy groups -OCH3 is 2. The number of imidazole rings is 2. The number of alkyl carbamates (subject to hydrolysis) is 2. The highest BCUT2D eigenvalue weighted by molar-refractivity contribution is 7.18. The van der Waals surface area contributed by atoms with Crippen molar-refractivity contribution < 1.29 is 28.7 Å². The summed E-state index contributed by atoms with van der Waals surface area (Å²) in [5, 5.41) is 6.29. The van der Waals surface area contributed by atoms with Gasteiger partial charge in [-0.1, -0.05) is 76.2 Å². The maximum Gasteiger partial charge on any atom is 0.407 e. The Kier molecular flexibility index (Phi) is 12.4. The maximum atomic E-state index is 13.5. The number of H-pyrrole nitrogens is 2. The summed E-state index contributed by atoms with van der Waals surface area (Å²) in [5.41, 5.74) is 5.69. The molecule has 3 aromatic heterocycles. The second kappa shape index (κ2) is 17.9. The lowest BCUT2D eigenvalue weighted by molar-refractivity contribution is -0.136. The number of nitrogens with one attached hydrogen (secondary N) is 4. The van der Waals surface area contributed by atoms with Crippen LogP contribution in [0.25, 0.3) is 43.5 Å². The van der Waals surface area contributed by atoms with Gasteiger partial charge in [0.15, 0.2) is 0 Å². The molecule has 5 aromatic rings. The van der Waals surface area contributed by atoms with Gasteiger partial charge in [0.1, 0.15) is 28.7 Å². The largest absolute Gasteiger partial charge is 0.453 e. The van der Waals surface area contributed by atoms with Crippen molar-refractivity contribution >= 4 is 35.3 Å². The minimum absolute atomic E-state index is 0.106. The third kappa shape index (κ3) is 8.87. The number of aromatic nitrogens is 5. The number of hydrogen-bond acceptors (Lipinski definition) is 10. The molecule has 0 radical (unpaired) electrons. The lowest BCUT2D eigenvalue weighted by Gasteiger charge is -2.30.